The Balaban J connectivity index is 1.14. The van der Waals surface area contributed by atoms with E-state index in [0.717, 1.165) is 11.3 Å². The van der Waals surface area contributed by atoms with Gasteiger partial charge in [-0.25, -0.2) is 4.98 Å². The summed E-state index contributed by atoms with van der Waals surface area (Å²) in [5.74, 6) is 0.240. The van der Waals surface area contributed by atoms with Gasteiger partial charge in [-0.3, -0.25) is 14.4 Å². The van der Waals surface area contributed by atoms with Crippen molar-refractivity contribution in [3.05, 3.63) is 99.6 Å². The molecular weight excluding hydrogens is 584 g/mol. The lowest BCUT2D eigenvalue weighted by molar-refractivity contribution is -0.176. The van der Waals surface area contributed by atoms with E-state index in [1.54, 1.807) is 41.2 Å². The third kappa shape index (κ3) is 5.11. The fourth-order valence-corrected chi connectivity index (χ4v) is 6.59. The number of aliphatic hydroxyl groups excluding tert-OH is 1. The van der Waals surface area contributed by atoms with Crippen LogP contribution in [0.15, 0.2) is 71.8 Å². The second kappa shape index (κ2) is 11.4. The van der Waals surface area contributed by atoms with Gasteiger partial charge in [0, 0.05) is 75.5 Å². The number of nitrogens with zero attached hydrogens (tertiary/aromatic N) is 5. The van der Waals surface area contributed by atoms with E-state index < -0.39 is 0 Å². The van der Waals surface area contributed by atoms with Gasteiger partial charge in [-0.15, -0.1) is 0 Å². The molecule has 5 heterocycles. The summed E-state index contributed by atoms with van der Waals surface area (Å²) in [5.41, 5.74) is 5.97. The molecule has 4 aromatic rings. The summed E-state index contributed by atoms with van der Waals surface area (Å²) in [6.07, 6.45) is 3.92. The first kappa shape index (κ1) is 29.7. The quantitative estimate of drug-likeness (QED) is 0.323. The molecule has 11 heteroatoms. The van der Waals surface area contributed by atoms with E-state index in [4.69, 9.17) is 4.74 Å². The van der Waals surface area contributed by atoms with Crippen LogP contribution in [0.1, 0.15) is 31.8 Å². The molecule has 2 N–H and O–H groups in total. The Hall–Kier alpha value is -5.00. The molecule has 7 rings (SSSR count). The number of fused-ring (bicyclic) bond motifs is 1. The van der Waals surface area contributed by atoms with Crippen molar-refractivity contribution in [3.63, 3.8) is 0 Å². The normalized spacial score (nSPS) is 16.5. The highest BCUT2D eigenvalue weighted by Gasteiger charge is 2.50. The highest BCUT2D eigenvalue weighted by atomic mass is 16.5. The second-order valence-electron chi connectivity index (χ2n) is 12.7. The molecule has 0 atom stereocenters. The maximum absolute atomic E-state index is 13.7. The predicted molar refractivity (Wildman–Crippen MR) is 176 cm³/mol. The van der Waals surface area contributed by atoms with Crippen LogP contribution in [0.25, 0.3) is 11.1 Å². The van der Waals surface area contributed by atoms with Crippen molar-refractivity contribution in [1.29, 1.82) is 0 Å². The lowest BCUT2D eigenvalue weighted by Crippen LogP contribution is -2.67. The summed E-state index contributed by atoms with van der Waals surface area (Å²) in [5, 5.41) is 13.7. The van der Waals surface area contributed by atoms with Crippen LogP contribution in [-0.4, -0.2) is 78.3 Å². The number of anilines is 4. The molecule has 3 aliphatic heterocycles. The molecule has 236 valence electrons. The minimum atomic E-state index is -0.296. The van der Waals surface area contributed by atoms with E-state index in [1.807, 2.05) is 49.3 Å². The Morgan fingerprint density at radius 3 is 2.54 bits per heavy atom. The molecule has 2 aromatic heterocycles. The number of benzene rings is 2. The van der Waals surface area contributed by atoms with Crippen LogP contribution >= 0.6 is 0 Å². The maximum atomic E-state index is 13.7. The number of rotatable bonds is 7. The molecular formula is C35H36N6O5. The number of ether oxygens (including phenoxy) is 1. The number of hydrogen-bond donors (Lipinski definition) is 2. The van der Waals surface area contributed by atoms with Crippen LogP contribution in [0.4, 0.5) is 22.9 Å². The zero-order valence-corrected chi connectivity index (χ0v) is 26.1. The number of likely N-dealkylation sites (tertiary alicyclic amines) is 1. The first-order valence-electron chi connectivity index (χ1n) is 15.3. The highest BCUT2D eigenvalue weighted by Crippen LogP contribution is 2.38. The summed E-state index contributed by atoms with van der Waals surface area (Å²) < 4.78 is 6.77. The third-order valence-electron chi connectivity index (χ3n) is 9.21. The van der Waals surface area contributed by atoms with Gasteiger partial charge in [0.05, 0.1) is 36.5 Å². The lowest BCUT2D eigenvalue weighted by atomic mass is 9.78. The van der Waals surface area contributed by atoms with Crippen molar-refractivity contribution >= 4 is 34.7 Å². The second-order valence-corrected chi connectivity index (χ2v) is 12.7. The van der Waals surface area contributed by atoms with Crippen LogP contribution < -0.4 is 20.7 Å². The Bertz CT molecular complexity index is 1910. The number of amides is 2. The molecule has 3 aliphatic rings. The molecule has 11 nitrogen and oxygen atoms in total. The molecule has 2 saturated heterocycles. The van der Waals surface area contributed by atoms with E-state index in [-0.39, 0.29) is 35.1 Å². The Kier molecular flexibility index (Phi) is 7.37. The number of carbonyl (C=O) groups is 2. The zero-order chi connectivity index (χ0) is 32.2. The first-order chi connectivity index (χ1) is 22.2. The van der Waals surface area contributed by atoms with Crippen LogP contribution in [0, 0.1) is 5.41 Å². The van der Waals surface area contributed by atoms with E-state index in [2.05, 4.69) is 16.4 Å². The fraction of sp³-hybridized carbons (Fsp3) is 0.314. The number of nitrogens with one attached hydrogen (secondary N) is 1. The van der Waals surface area contributed by atoms with Gasteiger partial charge in [0.15, 0.2) is 0 Å². The number of hydrogen-bond acceptors (Lipinski definition) is 8. The molecule has 0 bridgehead atoms. The van der Waals surface area contributed by atoms with Crippen molar-refractivity contribution in [2.24, 2.45) is 12.5 Å². The minimum Gasteiger partial charge on any atom is -0.392 e. The average Bonchev–Trinajstić information content (AvgIpc) is 3.01. The number of aromatic nitrogens is 2. The third-order valence-corrected chi connectivity index (χ3v) is 9.21. The summed E-state index contributed by atoms with van der Waals surface area (Å²) in [7, 11) is 5.61. The summed E-state index contributed by atoms with van der Waals surface area (Å²) in [6, 6.07) is 16.5. The van der Waals surface area contributed by atoms with E-state index >= 15 is 0 Å². The number of pyridine rings is 2. The van der Waals surface area contributed by atoms with Crippen molar-refractivity contribution in [2.75, 3.05) is 62.1 Å². The number of aryl methyl sites for hydroxylation is 1. The van der Waals surface area contributed by atoms with Gasteiger partial charge in [-0.2, -0.15) is 0 Å². The van der Waals surface area contributed by atoms with E-state index in [9.17, 15) is 19.5 Å². The van der Waals surface area contributed by atoms with Gasteiger partial charge < -0.3 is 34.4 Å². The number of aliphatic hydroxyl groups is 1. The van der Waals surface area contributed by atoms with E-state index in [0.29, 0.717) is 78.6 Å². The van der Waals surface area contributed by atoms with Crippen LogP contribution in [0.3, 0.4) is 0 Å². The van der Waals surface area contributed by atoms with Crippen molar-refractivity contribution in [2.45, 2.75) is 13.0 Å². The lowest BCUT2D eigenvalue weighted by Gasteiger charge is -2.54. The maximum Gasteiger partial charge on any atom is 0.274 e. The van der Waals surface area contributed by atoms with Crippen molar-refractivity contribution < 1.29 is 19.4 Å². The fourth-order valence-electron chi connectivity index (χ4n) is 6.59. The first-order valence-corrected chi connectivity index (χ1v) is 15.3. The highest BCUT2D eigenvalue weighted by molar-refractivity contribution is 6.09. The van der Waals surface area contributed by atoms with Crippen LogP contribution in [0.5, 0.6) is 0 Å². The Morgan fingerprint density at radius 1 is 1.07 bits per heavy atom. The molecule has 1 spiro atoms. The molecule has 2 fully saturated rings. The average molecular weight is 621 g/mol. The predicted octanol–water partition coefficient (Wildman–Crippen LogP) is 3.42. The van der Waals surface area contributed by atoms with Gasteiger partial charge in [0.25, 0.3) is 17.4 Å². The van der Waals surface area contributed by atoms with Crippen LogP contribution in [0.2, 0.25) is 0 Å². The topological polar surface area (TPSA) is 120 Å². The van der Waals surface area contributed by atoms with Gasteiger partial charge in [0.1, 0.15) is 11.5 Å². The minimum absolute atomic E-state index is 0.0695. The molecule has 2 amide bonds. The van der Waals surface area contributed by atoms with E-state index in [1.165, 1.54) is 10.8 Å². The Morgan fingerprint density at radius 2 is 1.87 bits per heavy atom. The Labute approximate surface area is 266 Å². The standard InChI is InChI=1S/C35H36N6O5/c1-38(2)25-8-9-27-22(13-25)11-12-41(33(27)44)30-6-4-5-26(28(30)17-42)24-14-29(34(45)39(3)16-24)37-31-10-7-23(15-36-31)32(43)40-18-35(19-40)20-46-21-35/h4-10,13-16,42H,11-12,17-21H2,1-3H3,(H,36,37). The van der Waals surface area contributed by atoms with Gasteiger partial charge >= 0.3 is 0 Å². The zero-order valence-electron chi connectivity index (χ0n) is 26.1. The van der Waals surface area contributed by atoms with Crippen LogP contribution in [-0.2, 0) is 24.8 Å². The van der Waals surface area contributed by atoms with Crippen molar-refractivity contribution in [1.82, 2.24) is 14.5 Å². The van der Waals surface area contributed by atoms with Gasteiger partial charge in [-0.05, 0) is 60.0 Å². The summed E-state index contributed by atoms with van der Waals surface area (Å²) >= 11 is 0. The molecule has 0 saturated carbocycles. The smallest absolute Gasteiger partial charge is 0.274 e. The SMILES string of the molecule is CN(C)c1ccc2c(c1)CCN(c1cccc(-c3cc(Nc4ccc(C(=O)N5CC6(COC6)C5)cn4)c(=O)n(C)c3)c1CO)C2=O. The largest absolute Gasteiger partial charge is 0.392 e. The molecule has 0 unspecified atom stereocenters. The monoisotopic (exact) mass is 620 g/mol. The van der Waals surface area contributed by atoms with Gasteiger partial charge in [0.2, 0.25) is 0 Å². The molecule has 2 aromatic carbocycles. The van der Waals surface area contributed by atoms with Gasteiger partial charge in [-0.1, -0.05) is 12.1 Å². The summed E-state index contributed by atoms with van der Waals surface area (Å²) in [4.78, 5) is 49.7. The van der Waals surface area contributed by atoms with Crippen molar-refractivity contribution in [3.8, 4) is 11.1 Å². The summed E-state index contributed by atoms with van der Waals surface area (Å²) in [6.45, 7) is 2.99. The molecule has 0 aliphatic carbocycles. The molecule has 0 radical (unpaired) electrons. The number of carbonyl (C=O) groups excluding carboxylic acids is 2. The molecule has 46 heavy (non-hydrogen) atoms.